The smallest absolute Gasteiger partial charge is 0.344 e. The molecule has 0 radical (unpaired) electrons. The fourth-order valence-corrected chi connectivity index (χ4v) is 8.02. The van der Waals surface area contributed by atoms with E-state index in [-0.39, 0.29) is 16.5 Å². The maximum Gasteiger partial charge on any atom is 0.344 e. The third kappa shape index (κ3) is 5.14. The monoisotopic (exact) mass is 502 g/mol. The highest BCUT2D eigenvalue weighted by atomic mass is 32.2. The van der Waals surface area contributed by atoms with Crippen molar-refractivity contribution in [3.63, 3.8) is 0 Å². The number of phenolic OH excluding ortho intramolecular Hbond substituents is 2. The number of hydrogen-bond donors (Lipinski definition) is 2. The van der Waals surface area contributed by atoms with Gasteiger partial charge >= 0.3 is 5.00 Å². The number of thiazole rings is 1. The van der Waals surface area contributed by atoms with E-state index in [1.165, 1.54) is 82.4 Å². The van der Waals surface area contributed by atoms with Crippen molar-refractivity contribution < 1.29 is 15.1 Å². The molecule has 0 fully saturated rings. The van der Waals surface area contributed by atoms with Crippen molar-refractivity contribution in [2.24, 2.45) is 0 Å². The van der Waals surface area contributed by atoms with E-state index >= 15 is 0 Å². The van der Waals surface area contributed by atoms with Crippen LogP contribution in [0.3, 0.4) is 0 Å². The molecule has 0 saturated heterocycles. The number of hydrogen-bond acceptors (Lipinski definition) is 15. The number of rotatable bonds is 7. The van der Waals surface area contributed by atoms with Crippen LogP contribution in [0.15, 0.2) is 51.0 Å². The number of aromatic hydroxyl groups is 2. The van der Waals surface area contributed by atoms with E-state index in [1.807, 2.05) is 0 Å². The first-order chi connectivity index (χ1) is 14.0. The minimum Gasteiger partial charge on any atom is -0.508 e. The minimum atomic E-state index is -0.481. The molecule has 0 atom stereocenters. The lowest BCUT2D eigenvalue weighted by molar-refractivity contribution is -0.380. The summed E-state index contributed by atoms with van der Waals surface area (Å²) >= 11 is 7.31. The highest BCUT2D eigenvalue weighted by Crippen LogP contribution is 2.42. The van der Waals surface area contributed by atoms with Crippen LogP contribution in [0.4, 0.5) is 5.00 Å². The van der Waals surface area contributed by atoms with Crippen LogP contribution in [0.25, 0.3) is 0 Å². The molecule has 10 nitrogen and oxygen atoms in total. The Morgan fingerprint density at radius 1 is 0.862 bits per heavy atom. The second kappa shape index (κ2) is 8.80. The van der Waals surface area contributed by atoms with Crippen molar-refractivity contribution in [1.82, 2.24) is 25.4 Å². The lowest BCUT2D eigenvalue weighted by Crippen LogP contribution is -1.80. The summed E-state index contributed by atoms with van der Waals surface area (Å²) in [7, 11) is 0. The van der Waals surface area contributed by atoms with Crippen LogP contribution in [0.2, 0.25) is 0 Å². The van der Waals surface area contributed by atoms with E-state index in [2.05, 4.69) is 25.4 Å². The second-order valence-corrected chi connectivity index (χ2v) is 12.1. The largest absolute Gasteiger partial charge is 0.508 e. The van der Waals surface area contributed by atoms with E-state index in [1.54, 1.807) is 0 Å². The fourth-order valence-electron chi connectivity index (χ4n) is 1.77. The molecule has 4 rings (SSSR count). The Morgan fingerprint density at radius 3 is 2.03 bits per heavy atom. The Kier molecular flexibility index (Phi) is 6.16. The van der Waals surface area contributed by atoms with E-state index in [0.717, 1.165) is 11.3 Å². The molecular weight excluding hydrogens is 497 g/mol. The predicted octanol–water partition coefficient (Wildman–Crippen LogP) is 4.62. The van der Waals surface area contributed by atoms with Crippen molar-refractivity contribution in [3.05, 3.63) is 34.5 Å². The van der Waals surface area contributed by atoms with Crippen molar-refractivity contribution >= 4 is 74.3 Å². The van der Waals surface area contributed by atoms with Crippen molar-refractivity contribution in [2.45, 2.75) is 26.6 Å². The number of benzene rings is 1. The van der Waals surface area contributed by atoms with E-state index < -0.39 is 4.92 Å². The van der Waals surface area contributed by atoms with Gasteiger partial charge < -0.3 is 10.2 Å². The molecule has 2 N–H and O–H groups in total. The van der Waals surface area contributed by atoms with Gasteiger partial charge in [0.25, 0.3) is 0 Å². The average Bonchev–Trinajstić information content (AvgIpc) is 3.41. The molecular formula is C13H6N6O4S6. The SMILES string of the molecule is O=[N+]([O-])c1cnc(Sc2nnc(Sc3nnc(Sc4cc(O)ccc4O)s3)s2)s1. The lowest BCUT2D eigenvalue weighted by atomic mass is 10.3. The molecule has 0 aliphatic heterocycles. The zero-order valence-corrected chi connectivity index (χ0v) is 18.6. The molecule has 0 unspecified atom stereocenters. The van der Waals surface area contributed by atoms with Crippen molar-refractivity contribution in [1.29, 1.82) is 0 Å². The predicted molar refractivity (Wildman–Crippen MR) is 111 cm³/mol. The van der Waals surface area contributed by atoms with Gasteiger partial charge in [-0.25, -0.2) is 4.98 Å². The third-order valence-electron chi connectivity index (χ3n) is 2.92. The summed E-state index contributed by atoms with van der Waals surface area (Å²) in [6.45, 7) is 0. The highest BCUT2D eigenvalue weighted by molar-refractivity contribution is 8.05. The van der Waals surface area contributed by atoms with Crippen LogP contribution < -0.4 is 0 Å². The first kappa shape index (κ1) is 20.3. The maximum atomic E-state index is 10.7. The van der Waals surface area contributed by atoms with Crippen LogP contribution in [0.5, 0.6) is 11.5 Å². The van der Waals surface area contributed by atoms with E-state index in [4.69, 9.17) is 0 Å². The second-order valence-electron chi connectivity index (χ2n) is 4.85. The maximum absolute atomic E-state index is 10.7. The van der Waals surface area contributed by atoms with E-state index in [9.17, 15) is 20.3 Å². The van der Waals surface area contributed by atoms with Crippen LogP contribution >= 0.6 is 69.3 Å². The van der Waals surface area contributed by atoms with Gasteiger partial charge in [0.15, 0.2) is 21.7 Å². The Bertz CT molecular complexity index is 1180. The topological polar surface area (TPSA) is 148 Å². The zero-order valence-electron chi connectivity index (χ0n) is 13.7. The molecule has 0 aliphatic carbocycles. The van der Waals surface area contributed by atoms with Gasteiger partial charge in [-0.3, -0.25) is 10.1 Å². The molecule has 3 heterocycles. The van der Waals surface area contributed by atoms with Gasteiger partial charge in [-0.05, 0) is 53.1 Å². The number of aromatic nitrogens is 5. The molecule has 1 aromatic carbocycles. The van der Waals surface area contributed by atoms with Crippen LogP contribution in [0, 0.1) is 10.1 Å². The summed E-state index contributed by atoms with van der Waals surface area (Å²) in [4.78, 5) is 14.7. The highest BCUT2D eigenvalue weighted by Gasteiger charge is 2.16. The molecule has 0 spiro atoms. The molecule has 0 bridgehead atoms. The molecule has 4 aromatic rings. The summed E-state index contributed by atoms with van der Waals surface area (Å²) < 4.78 is 3.02. The summed E-state index contributed by atoms with van der Waals surface area (Å²) in [6.07, 6.45) is 1.22. The van der Waals surface area contributed by atoms with Gasteiger partial charge in [-0.2, -0.15) is 0 Å². The van der Waals surface area contributed by atoms with Crippen LogP contribution in [-0.4, -0.2) is 40.5 Å². The van der Waals surface area contributed by atoms with E-state index in [0.29, 0.717) is 26.6 Å². The fraction of sp³-hybridized carbons (Fsp3) is 0. The summed E-state index contributed by atoms with van der Waals surface area (Å²) in [5.74, 6) is 0.0966. The first-order valence-corrected chi connectivity index (χ1v) is 12.2. The lowest BCUT2D eigenvalue weighted by Gasteiger charge is -2.01. The van der Waals surface area contributed by atoms with Crippen molar-refractivity contribution in [2.75, 3.05) is 0 Å². The summed E-state index contributed by atoms with van der Waals surface area (Å²) in [5, 5.41) is 46.4. The standard InChI is InChI=1S/C13H6N6O4S6/c20-5-1-2-6(21)7(3-5)24-10-15-17-12(27-10)29-13-18-16-11(28-13)26-9-14-4-8(25-9)19(22)23/h1-4,20-21H. The van der Waals surface area contributed by atoms with Crippen LogP contribution in [0.1, 0.15) is 0 Å². The summed E-state index contributed by atoms with van der Waals surface area (Å²) in [6, 6.07) is 4.26. The quantitative estimate of drug-likeness (QED) is 0.206. The number of phenols is 2. The zero-order chi connectivity index (χ0) is 20.4. The first-order valence-electron chi connectivity index (χ1n) is 7.29. The van der Waals surface area contributed by atoms with Gasteiger partial charge in [0, 0.05) is 0 Å². The van der Waals surface area contributed by atoms with Gasteiger partial charge in [-0.15, -0.1) is 20.4 Å². The van der Waals surface area contributed by atoms with Gasteiger partial charge in [0.05, 0.1) is 9.82 Å². The Morgan fingerprint density at radius 2 is 1.45 bits per heavy atom. The molecule has 148 valence electrons. The molecule has 16 heteroatoms. The number of nitro groups is 1. The Balaban J connectivity index is 1.40. The van der Waals surface area contributed by atoms with Crippen molar-refractivity contribution in [3.8, 4) is 11.5 Å². The average molecular weight is 503 g/mol. The molecule has 0 amide bonds. The molecule has 3 aromatic heterocycles. The minimum absolute atomic E-state index is 0.0247. The third-order valence-corrected chi connectivity index (χ3v) is 9.04. The molecule has 0 aliphatic rings. The molecule has 0 saturated carbocycles. The Labute approximate surface area is 186 Å². The Hall–Kier alpha value is -1.98. The van der Waals surface area contributed by atoms with Gasteiger partial charge in [0.1, 0.15) is 17.7 Å². The number of nitrogens with zero attached hydrogens (tertiary/aromatic N) is 6. The van der Waals surface area contributed by atoms with Gasteiger partial charge in [-0.1, -0.05) is 34.4 Å². The summed E-state index contributed by atoms with van der Waals surface area (Å²) in [5.41, 5.74) is 0. The normalized spacial score (nSPS) is 11.0. The van der Waals surface area contributed by atoms with Gasteiger partial charge in [0.2, 0.25) is 0 Å². The molecule has 29 heavy (non-hydrogen) atoms. The van der Waals surface area contributed by atoms with Crippen LogP contribution in [-0.2, 0) is 0 Å².